The maximum Gasteiger partial charge on any atom is 0.231 e. The molecule has 0 saturated heterocycles. The largest absolute Gasteiger partial charge is 0.454 e. The van der Waals surface area contributed by atoms with Crippen LogP contribution in [0, 0.1) is 11.3 Å². The average molecular weight is 227 g/mol. The van der Waals surface area contributed by atoms with Gasteiger partial charge in [-0.15, -0.1) is 0 Å². The number of hydrogen-bond acceptors (Lipinski definition) is 4. The van der Waals surface area contributed by atoms with Crippen molar-refractivity contribution in [1.82, 2.24) is 9.55 Å². The molecule has 0 unspecified atom stereocenters. The third-order valence-corrected chi connectivity index (χ3v) is 2.69. The molecule has 5 heteroatoms. The Labute approximate surface area is 97.8 Å². The first-order chi connectivity index (χ1) is 8.29. The van der Waals surface area contributed by atoms with Crippen LogP contribution in [0.4, 0.5) is 0 Å². The molecule has 0 atom stereocenters. The van der Waals surface area contributed by atoms with E-state index < -0.39 is 0 Å². The summed E-state index contributed by atoms with van der Waals surface area (Å²) in [6.45, 7) is 0.245. The van der Waals surface area contributed by atoms with Gasteiger partial charge in [-0.1, -0.05) is 0 Å². The summed E-state index contributed by atoms with van der Waals surface area (Å²) >= 11 is 0. The number of nitrogens with zero attached hydrogens (tertiary/aromatic N) is 3. The quantitative estimate of drug-likeness (QED) is 0.743. The molecule has 2 heterocycles. The third-order valence-electron chi connectivity index (χ3n) is 2.69. The summed E-state index contributed by atoms with van der Waals surface area (Å²) in [7, 11) is 1.85. The SMILES string of the molecule is Cn1cnc(C#N)c1-c1ccc2c(c1)OCO2. The summed E-state index contributed by atoms with van der Waals surface area (Å²) in [6.07, 6.45) is 1.62. The lowest BCUT2D eigenvalue weighted by molar-refractivity contribution is 0.174. The number of fused-ring (bicyclic) bond motifs is 1. The molecule has 2 aromatic rings. The molecule has 0 spiro atoms. The van der Waals surface area contributed by atoms with Crippen LogP contribution in [0.1, 0.15) is 5.69 Å². The van der Waals surface area contributed by atoms with E-state index in [9.17, 15) is 0 Å². The van der Waals surface area contributed by atoms with E-state index in [1.807, 2.05) is 29.8 Å². The van der Waals surface area contributed by atoms with Gasteiger partial charge in [0.15, 0.2) is 17.2 Å². The van der Waals surface area contributed by atoms with Crippen LogP contribution < -0.4 is 9.47 Å². The Bertz CT molecular complexity index is 625. The fraction of sp³-hybridized carbons (Fsp3) is 0.167. The standard InChI is InChI=1S/C12H9N3O2/c1-15-6-14-9(5-13)12(15)8-2-3-10-11(4-8)17-7-16-10/h2-4,6H,7H2,1H3. The van der Waals surface area contributed by atoms with E-state index in [-0.39, 0.29) is 6.79 Å². The van der Waals surface area contributed by atoms with Gasteiger partial charge in [-0.2, -0.15) is 5.26 Å². The molecule has 0 radical (unpaired) electrons. The molecule has 1 aliphatic heterocycles. The van der Waals surface area contributed by atoms with Crippen molar-refractivity contribution in [2.24, 2.45) is 7.05 Å². The monoisotopic (exact) mass is 227 g/mol. The number of rotatable bonds is 1. The number of benzene rings is 1. The van der Waals surface area contributed by atoms with Gasteiger partial charge in [0, 0.05) is 12.6 Å². The van der Waals surface area contributed by atoms with Crippen LogP contribution in [0.5, 0.6) is 11.5 Å². The zero-order valence-corrected chi connectivity index (χ0v) is 9.17. The first-order valence-corrected chi connectivity index (χ1v) is 5.11. The zero-order valence-electron chi connectivity index (χ0n) is 9.17. The van der Waals surface area contributed by atoms with Gasteiger partial charge in [-0.3, -0.25) is 0 Å². The summed E-state index contributed by atoms with van der Waals surface area (Å²) in [4.78, 5) is 4.03. The zero-order chi connectivity index (χ0) is 11.8. The fourth-order valence-corrected chi connectivity index (χ4v) is 1.90. The van der Waals surface area contributed by atoms with Crippen molar-refractivity contribution in [3.63, 3.8) is 0 Å². The van der Waals surface area contributed by atoms with Crippen molar-refractivity contribution in [3.8, 4) is 28.8 Å². The van der Waals surface area contributed by atoms with Gasteiger partial charge in [0.2, 0.25) is 6.79 Å². The van der Waals surface area contributed by atoms with Crippen molar-refractivity contribution in [1.29, 1.82) is 5.26 Å². The molecule has 17 heavy (non-hydrogen) atoms. The molecule has 0 fully saturated rings. The topological polar surface area (TPSA) is 60.1 Å². The Kier molecular flexibility index (Phi) is 2.02. The number of aromatic nitrogens is 2. The normalized spacial score (nSPS) is 12.5. The predicted octanol–water partition coefficient (Wildman–Crippen LogP) is 1.69. The van der Waals surface area contributed by atoms with Crippen LogP contribution in [0.3, 0.4) is 0 Å². The minimum Gasteiger partial charge on any atom is -0.454 e. The molecule has 1 aromatic heterocycles. The van der Waals surface area contributed by atoms with E-state index in [0.717, 1.165) is 17.0 Å². The van der Waals surface area contributed by atoms with Crippen molar-refractivity contribution in [2.45, 2.75) is 0 Å². The van der Waals surface area contributed by atoms with Crippen molar-refractivity contribution in [3.05, 3.63) is 30.2 Å². The highest BCUT2D eigenvalue weighted by Gasteiger charge is 2.17. The molecule has 0 saturated carbocycles. The summed E-state index contributed by atoms with van der Waals surface area (Å²) in [6, 6.07) is 7.67. The fourth-order valence-electron chi connectivity index (χ4n) is 1.90. The molecule has 0 amide bonds. The second-order valence-electron chi connectivity index (χ2n) is 3.73. The molecule has 0 bridgehead atoms. The first kappa shape index (κ1) is 9.73. The van der Waals surface area contributed by atoms with Crippen molar-refractivity contribution < 1.29 is 9.47 Å². The van der Waals surface area contributed by atoms with E-state index in [4.69, 9.17) is 14.7 Å². The van der Waals surface area contributed by atoms with E-state index in [0.29, 0.717) is 11.4 Å². The summed E-state index contributed by atoms with van der Waals surface area (Å²) < 4.78 is 12.4. The lowest BCUT2D eigenvalue weighted by Crippen LogP contribution is -1.93. The van der Waals surface area contributed by atoms with E-state index in [1.165, 1.54) is 0 Å². The second-order valence-corrected chi connectivity index (χ2v) is 3.73. The van der Waals surface area contributed by atoms with Crippen LogP contribution in [0.15, 0.2) is 24.5 Å². The molecule has 0 aliphatic carbocycles. The summed E-state index contributed by atoms with van der Waals surface area (Å²) in [5.41, 5.74) is 2.09. The molecule has 84 valence electrons. The Morgan fingerprint density at radius 2 is 2.18 bits per heavy atom. The van der Waals surface area contributed by atoms with E-state index >= 15 is 0 Å². The van der Waals surface area contributed by atoms with Gasteiger partial charge in [0.1, 0.15) is 6.07 Å². The van der Waals surface area contributed by atoms with Gasteiger partial charge >= 0.3 is 0 Å². The van der Waals surface area contributed by atoms with Gasteiger partial charge in [0.25, 0.3) is 0 Å². The van der Waals surface area contributed by atoms with E-state index in [2.05, 4.69) is 11.1 Å². The Morgan fingerprint density at radius 3 is 3.00 bits per heavy atom. The lowest BCUT2D eigenvalue weighted by Gasteiger charge is -2.04. The predicted molar refractivity (Wildman–Crippen MR) is 59.5 cm³/mol. The maximum absolute atomic E-state index is 9.00. The smallest absolute Gasteiger partial charge is 0.231 e. The van der Waals surface area contributed by atoms with Gasteiger partial charge in [-0.25, -0.2) is 4.98 Å². The first-order valence-electron chi connectivity index (χ1n) is 5.11. The summed E-state index contributed by atoms with van der Waals surface area (Å²) in [5, 5.41) is 9.00. The molecule has 5 nitrogen and oxygen atoms in total. The molecule has 1 aliphatic rings. The number of aryl methyl sites for hydroxylation is 1. The van der Waals surface area contributed by atoms with Crippen LogP contribution >= 0.6 is 0 Å². The molecule has 0 N–H and O–H groups in total. The van der Waals surface area contributed by atoms with Crippen LogP contribution in [0.25, 0.3) is 11.3 Å². The van der Waals surface area contributed by atoms with Gasteiger partial charge < -0.3 is 14.0 Å². The second kappa shape index (κ2) is 3.52. The Balaban J connectivity index is 2.16. The van der Waals surface area contributed by atoms with Crippen molar-refractivity contribution >= 4 is 0 Å². The minimum absolute atomic E-state index is 0.245. The number of nitriles is 1. The highest BCUT2D eigenvalue weighted by molar-refractivity contribution is 5.69. The number of hydrogen-bond donors (Lipinski definition) is 0. The van der Waals surface area contributed by atoms with Crippen LogP contribution in [-0.2, 0) is 7.05 Å². The highest BCUT2D eigenvalue weighted by Crippen LogP contribution is 2.36. The van der Waals surface area contributed by atoms with Crippen LogP contribution in [0.2, 0.25) is 0 Å². The number of ether oxygens (including phenoxy) is 2. The lowest BCUT2D eigenvalue weighted by atomic mass is 10.1. The minimum atomic E-state index is 0.245. The maximum atomic E-state index is 9.00. The molecular weight excluding hydrogens is 218 g/mol. The molecular formula is C12H9N3O2. The molecule has 3 rings (SSSR count). The van der Waals surface area contributed by atoms with Crippen LogP contribution in [-0.4, -0.2) is 16.3 Å². The molecule has 1 aromatic carbocycles. The van der Waals surface area contributed by atoms with Gasteiger partial charge in [-0.05, 0) is 18.2 Å². The highest BCUT2D eigenvalue weighted by atomic mass is 16.7. The average Bonchev–Trinajstić information content (AvgIpc) is 2.93. The third kappa shape index (κ3) is 1.42. The number of imidazole rings is 1. The van der Waals surface area contributed by atoms with E-state index in [1.54, 1.807) is 6.33 Å². The van der Waals surface area contributed by atoms with Crippen molar-refractivity contribution in [2.75, 3.05) is 6.79 Å². The Morgan fingerprint density at radius 1 is 1.35 bits per heavy atom. The summed E-state index contributed by atoms with van der Waals surface area (Å²) in [5.74, 6) is 1.43. The van der Waals surface area contributed by atoms with Gasteiger partial charge in [0.05, 0.1) is 12.0 Å². The Hall–Kier alpha value is -2.48.